The van der Waals surface area contributed by atoms with E-state index in [2.05, 4.69) is 15.9 Å². The van der Waals surface area contributed by atoms with Crippen molar-refractivity contribution in [2.75, 3.05) is 35.5 Å². The van der Waals surface area contributed by atoms with Crippen LogP contribution in [-0.4, -0.2) is 65.4 Å². The minimum absolute atomic E-state index is 0.199. The van der Waals surface area contributed by atoms with Crippen LogP contribution in [0.5, 0.6) is 0 Å². The first kappa shape index (κ1) is 25.5. The number of hydrogen-bond acceptors (Lipinski definition) is 10. The fraction of sp³-hybridized carbons (Fsp3) is 0.227. The summed E-state index contributed by atoms with van der Waals surface area (Å²) in [5, 5.41) is 0. The minimum Gasteiger partial charge on any atom is -0.465 e. The Morgan fingerprint density at radius 2 is 0.788 bits per heavy atom. The molecular formula is C22H19BrO10. The zero-order chi connectivity index (χ0) is 24.9. The molecule has 2 aromatic carbocycles. The monoisotopic (exact) mass is 522 g/mol. The number of benzene rings is 2. The lowest BCUT2D eigenvalue weighted by Gasteiger charge is -2.22. The molecule has 0 N–H and O–H groups in total. The highest BCUT2D eigenvalue weighted by atomic mass is 79.9. The van der Waals surface area contributed by atoms with Gasteiger partial charge in [0.15, 0.2) is 0 Å². The average Bonchev–Trinajstić information content (AvgIpc) is 2.84. The maximum absolute atomic E-state index is 12.9. The molecule has 0 unspecified atom stereocenters. The van der Waals surface area contributed by atoms with Crippen LogP contribution in [0.3, 0.4) is 0 Å². The maximum Gasteiger partial charge on any atom is 0.339 e. The molecule has 0 aromatic heterocycles. The van der Waals surface area contributed by atoms with Crippen molar-refractivity contribution >= 4 is 45.8 Å². The topological polar surface area (TPSA) is 132 Å². The first-order chi connectivity index (χ1) is 15.7. The molecule has 174 valence electrons. The fourth-order valence-electron chi connectivity index (χ4n) is 3.19. The first-order valence-electron chi connectivity index (χ1n) is 9.09. The number of carbonyl (C=O) groups excluding carboxylic acids is 5. The van der Waals surface area contributed by atoms with E-state index < -0.39 is 57.7 Å². The second kappa shape index (κ2) is 10.7. The number of carbonyl (C=O) groups is 5. The second-order valence-electron chi connectivity index (χ2n) is 6.21. The van der Waals surface area contributed by atoms with Crippen LogP contribution in [0.15, 0.2) is 28.7 Å². The Balaban J connectivity index is 3.38. The van der Waals surface area contributed by atoms with Gasteiger partial charge >= 0.3 is 29.8 Å². The predicted molar refractivity (Wildman–Crippen MR) is 116 cm³/mol. The Labute approximate surface area is 196 Å². The van der Waals surface area contributed by atoms with Crippen LogP contribution in [0.2, 0.25) is 0 Å². The van der Waals surface area contributed by atoms with Gasteiger partial charge in [-0.1, -0.05) is 28.1 Å². The highest BCUT2D eigenvalue weighted by molar-refractivity contribution is 9.10. The molecule has 2 rings (SSSR count). The van der Waals surface area contributed by atoms with Gasteiger partial charge in [0.05, 0.1) is 63.4 Å². The van der Waals surface area contributed by atoms with Crippen molar-refractivity contribution in [2.45, 2.75) is 0 Å². The van der Waals surface area contributed by atoms with Gasteiger partial charge in [-0.2, -0.15) is 0 Å². The van der Waals surface area contributed by atoms with Crippen LogP contribution >= 0.6 is 15.9 Å². The molecule has 0 amide bonds. The smallest absolute Gasteiger partial charge is 0.339 e. The Morgan fingerprint density at radius 1 is 0.515 bits per heavy atom. The highest BCUT2D eigenvalue weighted by Gasteiger charge is 2.40. The number of methoxy groups -OCH3 is 5. The van der Waals surface area contributed by atoms with Gasteiger partial charge in [-0.05, 0) is 17.7 Å². The van der Waals surface area contributed by atoms with Crippen molar-refractivity contribution < 1.29 is 47.7 Å². The number of halogens is 1. The van der Waals surface area contributed by atoms with Gasteiger partial charge in [0, 0.05) is 10.0 Å². The molecule has 0 heterocycles. The first-order valence-corrected chi connectivity index (χ1v) is 9.89. The molecule has 0 atom stereocenters. The molecule has 0 fully saturated rings. The van der Waals surface area contributed by atoms with Gasteiger partial charge in [0.25, 0.3) is 0 Å². The summed E-state index contributed by atoms with van der Waals surface area (Å²) in [6, 6.07) is 6.22. The molecule has 11 heteroatoms. The summed E-state index contributed by atoms with van der Waals surface area (Å²) in [5.41, 5.74) is -2.96. The third-order valence-corrected chi connectivity index (χ3v) is 5.11. The lowest BCUT2D eigenvalue weighted by Crippen LogP contribution is -2.27. The zero-order valence-electron chi connectivity index (χ0n) is 18.3. The molecular weight excluding hydrogens is 504 g/mol. The summed E-state index contributed by atoms with van der Waals surface area (Å²) in [5.74, 6) is -5.68. The summed E-state index contributed by atoms with van der Waals surface area (Å²) < 4.78 is 24.7. The van der Waals surface area contributed by atoms with E-state index in [1.165, 1.54) is 12.1 Å². The van der Waals surface area contributed by atoms with Gasteiger partial charge in [-0.3, -0.25) is 0 Å². The number of hydrogen-bond donors (Lipinski definition) is 0. The van der Waals surface area contributed by atoms with Crippen molar-refractivity contribution in [3.8, 4) is 11.1 Å². The zero-order valence-corrected chi connectivity index (χ0v) is 19.9. The van der Waals surface area contributed by atoms with Gasteiger partial charge in [0.2, 0.25) is 0 Å². The lowest BCUT2D eigenvalue weighted by molar-refractivity contribution is 0.0512. The third kappa shape index (κ3) is 4.72. The van der Waals surface area contributed by atoms with E-state index in [4.69, 9.17) is 23.7 Å². The molecule has 0 radical (unpaired) electrons. The molecule has 2 aromatic rings. The van der Waals surface area contributed by atoms with E-state index in [0.29, 0.717) is 4.47 Å². The van der Waals surface area contributed by atoms with Crippen LogP contribution in [0.1, 0.15) is 51.8 Å². The summed E-state index contributed by atoms with van der Waals surface area (Å²) in [6.45, 7) is 0. The molecule has 0 aliphatic rings. The summed E-state index contributed by atoms with van der Waals surface area (Å²) in [4.78, 5) is 64.3. The van der Waals surface area contributed by atoms with Gasteiger partial charge in [-0.25, -0.2) is 24.0 Å². The van der Waals surface area contributed by atoms with E-state index in [-0.39, 0.29) is 11.1 Å². The van der Waals surface area contributed by atoms with Crippen LogP contribution in [0, 0.1) is 0 Å². The number of rotatable bonds is 6. The van der Waals surface area contributed by atoms with Gasteiger partial charge in [0.1, 0.15) is 0 Å². The molecule has 10 nitrogen and oxygen atoms in total. The normalized spacial score (nSPS) is 10.1. The van der Waals surface area contributed by atoms with Crippen molar-refractivity contribution in [1.29, 1.82) is 0 Å². The highest BCUT2D eigenvalue weighted by Crippen LogP contribution is 2.38. The number of esters is 5. The number of ether oxygens (including phenoxy) is 5. The largest absolute Gasteiger partial charge is 0.465 e. The maximum atomic E-state index is 12.9. The van der Waals surface area contributed by atoms with E-state index in [1.807, 2.05) is 0 Å². The molecule has 0 saturated carbocycles. The van der Waals surface area contributed by atoms with E-state index in [1.54, 1.807) is 12.1 Å². The molecule has 0 aliphatic heterocycles. The van der Waals surface area contributed by atoms with Crippen molar-refractivity contribution in [3.05, 3.63) is 56.6 Å². The molecule has 0 saturated heterocycles. The Kier molecular flexibility index (Phi) is 8.30. The van der Waals surface area contributed by atoms with Gasteiger partial charge < -0.3 is 23.7 Å². The quantitative estimate of drug-likeness (QED) is 0.411. The van der Waals surface area contributed by atoms with E-state index in [9.17, 15) is 24.0 Å². The second-order valence-corrected chi connectivity index (χ2v) is 7.13. The minimum atomic E-state index is -1.20. The van der Waals surface area contributed by atoms with Crippen molar-refractivity contribution in [2.24, 2.45) is 0 Å². The standard InChI is InChI=1S/C22H19BrO10/c1-29-18(24)13-12(10-6-8-11(23)9-7-10)14(19(25)30-2)16(21(27)32-4)17(22(28)33-5)15(13)20(26)31-3/h6-9H,1-5H3. The molecule has 33 heavy (non-hydrogen) atoms. The lowest BCUT2D eigenvalue weighted by atomic mass is 9.83. The summed E-state index contributed by atoms with van der Waals surface area (Å²) in [6.07, 6.45) is 0. The van der Waals surface area contributed by atoms with Gasteiger partial charge in [-0.15, -0.1) is 0 Å². The Bertz CT molecular complexity index is 1080. The molecule has 0 spiro atoms. The summed E-state index contributed by atoms with van der Waals surface area (Å²) >= 11 is 3.29. The van der Waals surface area contributed by atoms with Crippen LogP contribution < -0.4 is 0 Å². The molecule has 0 bridgehead atoms. The van der Waals surface area contributed by atoms with Crippen molar-refractivity contribution in [3.63, 3.8) is 0 Å². The predicted octanol–water partition coefficient (Wildman–Crippen LogP) is 3.05. The third-order valence-electron chi connectivity index (χ3n) is 4.58. The van der Waals surface area contributed by atoms with Crippen LogP contribution in [-0.2, 0) is 23.7 Å². The van der Waals surface area contributed by atoms with E-state index in [0.717, 1.165) is 35.5 Å². The van der Waals surface area contributed by atoms with E-state index >= 15 is 0 Å². The summed E-state index contributed by atoms with van der Waals surface area (Å²) in [7, 11) is 5.09. The van der Waals surface area contributed by atoms with Crippen LogP contribution in [0.4, 0.5) is 0 Å². The van der Waals surface area contributed by atoms with Crippen LogP contribution in [0.25, 0.3) is 11.1 Å². The Morgan fingerprint density at radius 3 is 1.09 bits per heavy atom. The molecule has 0 aliphatic carbocycles. The fourth-order valence-corrected chi connectivity index (χ4v) is 3.45. The van der Waals surface area contributed by atoms with Crippen molar-refractivity contribution in [1.82, 2.24) is 0 Å². The SMILES string of the molecule is COC(=O)c1c(C(=O)OC)c(C(=O)OC)c(-c2ccc(Br)cc2)c(C(=O)OC)c1C(=O)OC. The Hall–Kier alpha value is -3.73. The average molecular weight is 523 g/mol.